The number of nitrogens with zero attached hydrogens (tertiary/aromatic N) is 1. The molecule has 1 aromatic heterocycles. The van der Waals surface area contributed by atoms with Crippen molar-refractivity contribution in [3.05, 3.63) is 59.9 Å². The van der Waals surface area contributed by atoms with Crippen molar-refractivity contribution in [3.63, 3.8) is 0 Å². The molecule has 1 aromatic carbocycles. The molecule has 1 aliphatic rings. The Bertz CT molecular complexity index is 1170. The lowest BCUT2D eigenvalue weighted by Crippen LogP contribution is -2.59. The Kier molecular flexibility index (Phi) is 10.00. The van der Waals surface area contributed by atoms with Crippen molar-refractivity contribution in [2.75, 3.05) is 0 Å². The van der Waals surface area contributed by atoms with Gasteiger partial charge in [0.05, 0.1) is 18.1 Å². The third-order valence-electron chi connectivity index (χ3n) is 6.47. The number of aromatic nitrogens is 1. The average molecular weight is 542 g/mol. The smallest absolute Gasteiger partial charge is 0.347 e. The fourth-order valence-electron chi connectivity index (χ4n) is 4.26. The largest absolute Gasteiger partial charge is 0.505 e. The Morgan fingerprint density at radius 3 is 2.38 bits per heavy atom. The van der Waals surface area contributed by atoms with Crippen LogP contribution in [0.5, 0.6) is 5.75 Å². The number of hydrogen-bond acceptors (Lipinski definition) is 9. The third-order valence-corrected chi connectivity index (χ3v) is 6.47. The van der Waals surface area contributed by atoms with Crippen LogP contribution in [0, 0.1) is 11.8 Å². The van der Waals surface area contributed by atoms with Gasteiger partial charge in [0.25, 0.3) is 5.91 Å². The summed E-state index contributed by atoms with van der Waals surface area (Å²) in [6, 6.07) is 9.36. The number of hydrogen-bond donors (Lipinski definition) is 4. The molecular formula is C28H35N3O8. The first-order chi connectivity index (χ1) is 18.5. The molecule has 0 spiro atoms. The van der Waals surface area contributed by atoms with Crippen molar-refractivity contribution in [2.24, 2.45) is 11.8 Å². The molecule has 4 N–H and O–H groups in total. The summed E-state index contributed by atoms with van der Waals surface area (Å²) in [7, 11) is 0. The Hall–Kier alpha value is -3.99. The Labute approximate surface area is 226 Å². The van der Waals surface area contributed by atoms with Gasteiger partial charge in [-0.3, -0.25) is 14.4 Å². The van der Waals surface area contributed by atoms with Crippen LogP contribution in [0.15, 0.2) is 48.7 Å². The predicted octanol–water partition coefficient (Wildman–Crippen LogP) is 1.51. The maximum Gasteiger partial charge on any atom is 0.347 e. The Balaban J connectivity index is 1.99. The van der Waals surface area contributed by atoms with E-state index in [2.05, 4.69) is 15.6 Å². The Morgan fingerprint density at radius 1 is 1.05 bits per heavy atom. The number of esters is 2. The zero-order valence-electron chi connectivity index (χ0n) is 22.4. The molecule has 2 aromatic rings. The number of aromatic hydroxyl groups is 1. The monoisotopic (exact) mass is 541 g/mol. The second-order valence-electron chi connectivity index (χ2n) is 10.1. The molecule has 11 nitrogen and oxygen atoms in total. The molecule has 6 unspecified atom stereocenters. The first kappa shape index (κ1) is 29.6. The Morgan fingerprint density at radius 2 is 1.74 bits per heavy atom. The molecule has 1 aliphatic heterocycles. The number of nitrogens with one attached hydrogen (secondary N) is 2. The van der Waals surface area contributed by atoms with Crippen molar-refractivity contribution in [2.45, 2.75) is 70.9 Å². The second-order valence-corrected chi connectivity index (χ2v) is 10.1. The highest BCUT2D eigenvalue weighted by Crippen LogP contribution is 2.21. The summed E-state index contributed by atoms with van der Waals surface area (Å²) in [5.41, 5.74) is 0.460. The normalized spacial score (nSPS) is 26.5. The van der Waals surface area contributed by atoms with E-state index in [4.69, 9.17) is 9.47 Å². The van der Waals surface area contributed by atoms with E-state index >= 15 is 0 Å². The minimum Gasteiger partial charge on any atom is -0.505 e. The quantitative estimate of drug-likeness (QED) is 0.397. The van der Waals surface area contributed by atoms with Crippen molar-refractivity contribution in [1.29, 1.82) is 0 Å². The SMILES string of the molecule is CC(C)CC1OC(=O)C(C)C(O)C(Cc2ccccc2)NC(=O)C(NC(=O)c2ncccc2O)C(C)OC1=O. The van der Waals surface area contributed by atoms with Crippen LogP contribution in [0.2, 0.25) is 0 Å². The topological polar surface area (TPSA) is 164 Å². The van der Waals surface area contributed by atoms with E-state index in [0.29, 0.717) is 0 Å². The van der Waals surface area contributed by atoms with E-state index in [-0.39, 0.29) is 24.5 Å². The molecule has 2 amide bonds. The number of benzene rings is 1. The number of ether oxygens (including phenoxy) is 2. The maximum absolute atomic E-state index is 13.6. The first-order valence-electron chi connectivity index (χ1n) is 12.9. The lowest BCUT2D eigenvalue weighted by molar-refractivity contribution is -0.178. The molecule has 2 heterocycles. The summed E-state index contributed by atoms with van der Waals surface area (Å²) in [5, 5.41) is 26.4. The number of rotatable bonds is 6. The number of amides is 2. The van der Waals surface area contributed by atoms with E-state index in [1.165, 1.54) is 32.2 Å². The lowest BCUT2D eigenvalue weighted by atomic mass is 9.92. The number of cyclic esters (lactones) is 2. The maximum atomic E-state index is 13.6. The van der Waals surface area contributed by atoms with Gasteiger partial charge in [-0.15, -0.1) is 0 Å². The summed E-state index contributed by atoms with van der Waals surface area (Å²) in [4.78, 5) is 56.3. The molecule has 39 heavy (non-hydrogen) atoms. The minimum absolute atomic E-state index is 0.0458. The molecular weight excluding hydrogens is 506 g/mol. The van der Waals surface area contributed by atoms with Crippen LogP contribution in [0.1, 0.15) is 50.2 Å². The van der Waals surface area contributed by atoms with Crippen LogP contribution in [-0.4, -0.2) is 69.3 Å². The fraction of sp³-hybridized carbons (Fsp3) is 0.464. The van der Waals surface area contributed by atoms with Gasteiger partial charge in [-0.1, -0.05) is 44.2 Å². The van der Waals surface area contributed by atoms with Crippen LogP contribution in [0.3, 0.4) is 0 Å². The average Bonchev–Trinajstić information content (AvgIpc) is 2.89. The second kappa shape index (κ2) is 13.2. The molecule has 0 saturated carbocycles. The standard InChI is InChI=1S/C28H35N3O8/c1-15(2)13-21-28(37)38-17(4)22(31-26(35)23-20(32)11-8-12-29-23)25(34)30-19(14-18-9-6-5-7-10-18)24(33)16(3)27(36)39-21/h5-12,15-17,19,21-22,24,32-33H,13-14H2,1-4H3,(H,30,34)(H,31,35). The van der Waals surface area contributed by atoms with Crippen molar-refractivity contribution < 1.29 is 38.9 Å². The first-order valence-corrected chi connectivity index (χ1v) is 12.9. The van der Waals surface area contributed by atoms with Gasteiger partial charge in [0, 0.05) is 6.20 Å². The van der Waals surface area contributed by atoms with Gasteiger partial charge in [0.2, 0.25) is 5.91 Å². The number of carbonyl (C=O) groups excluding carboxylic acids is 4. The zero-order valence-corrected chi connectivity index (χ0v) is 22.4. The number of pyridine rings is 1. The summed E-state index contributed by atoms with van der Waals surface area (Å²) in [6.07, 6.45) is -2.26. The van der Waals surface area contributed by atoms with E-state index in [1.807, 2.05) is 32.0 Å². The van der Waals surface area contributed by atoms with Crippen molar-refractivity contribution in [3.8, 4) is 5.75 Å². The van der Waals surface area contributed by atoms with Gasteiger partial charge in [-0.25, -0.2) is 9.78 Å². The van der Waals surface area contributed by atoms with E-state index in [0.717, 1.165) is 5.56 Å². The van der Waals surface area contributed by atoms with E-state index < -0.39 is 65.8 Å². The minimum atomic E-state index is -1.43. The van der Waals surface area contributed by atoms with Crippen molar-refractivity contribution >= 4 is 23.8 Å². The highest BCUT2D eigenvalue weighted by Gasteiger charge is 2.40. The molecule has 210 valence electrons. The molecule has 6 atom stereocenters. The van der Waals surface area contributed by atoms with Crippen LogP contribution < -0.4 is 10.6 Å². The van der Waals surface area contributed by atoms with Crippen LogP contribution in [0.4, 0.5) is 0 Å². The van der Waals surface area contributed by atoms with Crippen LogP contribution in [-0.2, 0) is 30.3 Å². The van der Waals surface area contributed by atoms with Crippen LogP contribution in [0.25, 0.3) is 0 Å². The highest BCUT2D eigenvalue weighted by molar-refractivity contribution is 5.98. The fourth-order valence-corrected chi connectivity index (χ4v) is 4.26. The summed E-state index contributed by atoms with van der Waals surface area (Å²) >= 11 is 0. The van der Waals surface area contributed by atoms with Gasteiger partial charge < -0.3 is 30.3 Å². The van der Waals surface area contributed by atoms with E-state index in [9.17, 15) is 29.4 Å². The summed E-state index contributed by atoms with van der Waals surface area (Å²) in [6.45, 7) is 6.54. The lowest BCUT2D eigenvalue weighted by Gasteiger charge is -2.33. The van der Waals surface area contributed by atoms with Gasteiger partial charge in [0.15, 0.2) is 11.8 Å². The number of aliphatic hydroxyl groups is 1. The summed E-state index contributed by atoms with van der Waals surface area (Å²) in [5.74, 6) is -4.88. The third kappa shape index (κ3) is 7.76. The number of carbonyl (C=O) groups is 4. The van der Waals surface area contributed by atoms with Crippen molar-refractivity contribution in [1.82, 2.24) is 15.6 Å². The molecule has 3 rings (SSSR count). The highest BCUT2D eigenvalue weighted by atomic mass is 16.6. The van der Waals surface area contributed by atoms with Gasteiger partial charge in [-0.05, 0) is 50.3 Å². The molecule has 1 fully saturated rings. The molecule has 0 radical (unpaired) electrons. The summed E-state index contributed by atoms with van der Waals surface area (Å²) < 4.78 is 11.0. The van der Waals surface area contributed by atoms with Gasteiger partial charge >= 0.3 is 11.9 Å². The molecule has 11 heteroatoms. The van der Waals surface area contributed by atoms with Gasteiger partial charge in [0.1, 0.15) is 17.9 Å². The predicted molar refractivity (Wildman–Crippen MR) is 139 cm³/mol. The molecule has 1 saturated heterocycles. The molecule has 0 aliphatic carbocycles. The zero-order chi connectivity index (χ0) is 28.7. The van der Waals surface area contributed by atoms with E-state index in [1.54, 1.807) is 12.1 Å². The van der Waals surface area contributed by atoms with Gasteiger partial charge in [-0.2, -0.15) is 0 Å². The molecule has 0 bridgehead atoms. The van der Waals surface area contributed by atoms with Crippen LogP contribution >= 0.6 is 0 Å². The number of aliphatic hydroxyl groups excluding tert-OH is 1.